The van der Waals surface area contributed by atoms with Gasteiger partial charge in [0.05, 0.1) is 24.7 Å². The maximum absolute atomic E-state index is 6.95. The van der Waals surface area contributed by atoms with Crippen LogP contribution in [0, 0.1) is 0 Å². The first-order chi connectivity index (χ1) is 23.3. The second-order valence-electron chi connectivity index (χ2n) is 11.5. The molecule has 7 rings (SSSR count). The molecular weight excluding hydrogens is 686 g/mol. The van der Waals surface area contributed by atoms with E-state index < -0.39 is 15.8 Å². The van der Waals surface area contributed by atoms with Gasteiger partial charge in [-0.05, 0) is 77.5 Å². The van der Waals surface area contributed by atoms with Gasteiger partial charge in [0.15, 0.2) is 5.75 Å². The molecule has 0 spiro atoms. The monoisotopic (exact) mass is 722 g/mol. The Hall–Kier alpha value is -4.06. The van der Waals surface area contributed by atoms with E-state index in [0.717, 1.165) is 17.7 Å². The molecule has 0 atom stereocenters. The molecule has 0 aliphatic heterocycles. The van der Waals surface area contributed by atoms with Gasteiger partial charge in [-0.25, -0.2) is 0 Å². The van der Waals surface area contributed by atoms with E-state index in [-0.39, 0.29) is 26.6 Å². The zero-order valence-electron chi connectivity index (χ0n) is 26.5. The quantitative estimate of drug-likeness (QED) is 0.107. The van der Waals surface area contributed by atoms with E-state index >= 15 is 0 Å². The van der Waals surface area contributed by atoms with Crippen LogP contribution in [0.4, 0.5) is 0 Å². The minimum Gasteiger partial charge on any atom is -0.453 e. The van der Waals surface area contributed by atoms with Gasteiger partial charge in [-0.3, -0.25) is 0 Å². The van der Waals surface area contributed by atoms with Crippen LogP contribution >= 0.6 is 15.8 Å². The van der Waals surface area contributed by atoms with Crippen molar-refractivity contribution in [1.82, 2.24) is 0 Å². The standard InChI is InChI=1S/C43H35OP2Si.Cu/c1-5-20-35(21-6-1)45(36-22-7-2-8-23-36)33-34-19-13-17-31-42(34)47-43-32-18-15-29-40(43)44-39-28-14-16-30-41(39)46(37-24-9-3-10-25-37)38-26-11-4-12-27-38;/h1-32,47H,33H2;/p+2. The Morgan fingerprint density at radius 2 is 0.812 bits per heavy atom. The molecule has 7 aromatic carbocycles. The molecule has 0 aliphatic carbocycles. The molecule has 0 heterocycles. The van der Waals surface area contributed by atoms with Crippen LogP contribution in [-0.4, -0.2) is 9.52 Å². The maximum atomic E-state index is 6.95. The minimum absolute atomic E-state index is 0. The number of hydrogen-bond acceptors (Lipinski definition) is 1. The van der Waals surface area contributed by atoms with Gasteiger partial charge < -0.3 is 4.74 Å². The Kier molecular flexibility index (Phi) is 11.9. The zero-order chi connectivity index (χ0) is 31.7. The maximum Gasteiger partial charge on any atom is 0.170 e. The van der Waals surface area contributed by atoms with E-state index in [0.29, 0.717) is 0 Å². The first-order valence-corrected chi connectivity index (χ1v) is 20.4. The van der Waals surface area contributed by atoms with Gasteiger partial charge in [0.1, 0.15) is 39.1 Å². The van der Waals surface area contributed by atoms with Crippen molar-refractivity contribution in [3.63, 3.8) is 0 Å². The van der Waals surface area contributed by atoms with Crippen LogP contribution in [0.3, 0.4) is 0 Å². The van der Waals surface area contributed by atoms with Crippen LogP contribution in [0.1, 0.15) is 5.56 Å². The topological polar surface area (TPSA) is 9.23 Å². The Morgan fingerprint density at radius 3 is 1.38 bits per heavy atom. The first-order valence-electron chi connectivity index (χ1n) is 16.1. The first kappa shape index (κ1) is 33.8. The summed E-state index contributed by atoms with van der Waals surface area (Å²) in [4.78, 5) is 0. The van der Waals surface area contributed by atoms with E-state index in [1.54, 1.807) is 0 Å². The summed E-state index contributed by atoms with van der Waals surface area (Å²) in [6.45, 7) is 0. The van der Waals surface area contributed by atoms with Gasteiger partial charge in [-0.2, -0.15) is 0 Å². The molecule has 238 valence electrons. The molecule has 7 aromatic rings. The molecule has 0 aliphatic rings. The van der Waals surface area contributed by atoms with Crippen molar-refractivity contribution in [2.24, 2.45) is 0 Å². The van der Waals surface area contributed by atoms with E-state index in [1.165, 1.54) is 42.5 Å². The van der Waals surface area contributed by atoms with Crippen LogP contribution in [0.2, 0.25) is 0 Å². The summed E-state index contributed by atoms with van der Waals surface area (Å²) in [5, 5.41) is 9.56. The summed E-state index contributed by atoms with van der Waals surface area (Å²) < 4.78 is 6.95. The Morgan fingerprint density at radius 1 is 0.396 bits per heavy atom. The van der Waals surface area contributed by atoms with Gasteiger partial charge in [0, 0.05) is 17.1 Å². The van der Waals surface area contributed by atoms with Gasteiger partial charge in [-0.15, -0.1) is 0 Å². The van der Waals surface area contributed by atoms with E-state index in [1.807, 2.05) is 0 Å². The molecule has 0 unspecified atom stereocenters. The average Bonchev–Trinajstić information content (AvgIpc) is 3.14. The molecular formula is C43H37CuOP2Si+2. The predicted octanol–water partition coefficient (Wildman–Crippen LogP) is 6.72. The van der Waals surface area contributed by atoms with Crippen LogP contribution in [-0.2, 0) is 23.2 Å². The van der Waals surface area contributed by atoms with Crippen molar-refractivity contribution in [2.75, 3.05) is 0 Å². The number of para-hydroxylation sites is 2. The normalized spacial score (nSPS) is 10.9. The predicted molar refractivity (Wildman–Crippen MR) is 210 cm³/mol. The van der Waals surface area contributed by atoms with Crippen molar-refractivity contribution in [2.45, 2.75) is 6.16 Å². The third kappa shape index (κ3) is 8.14. The smallest absolute Gasteiger partial charge is 0.170 e. The van der Waals surface area contributed by atoms with E-state index in [4.69, 9.17) is 4.74 Å². The molecule has 48 heavy (non-hydrogen) atoms. The van der Waals surface area contributed by atoms with Crippen molar-refractivity contribution in [3.05, 3.63) is 200 Å². The molecule has 0 bridgehead atoms. The SMILES string of the molecule is [Cu].c1ccc([PH+](Cc2ccccc2[SiH]c2ccccc2Oc2ccccc2[PH+](c2ccccc2)c2ccccc2)c2ccccc2)cc1. The Balaban J connectivity index is 0.00000401. The summed E-state index contributed by atoms with van der Waals surface area (Å²) in [5.41, 5.74) is 1.44. The van der Waals surface area contributed by atoms with Gasteiger partial charge in [0.2, 0.25) is 0 Å². The fourth-order valence-corrected chi connectivity index (χ4v) is 13.0. The fraction of sp³-hybridized carbons (Fsp3) is 0.0233. The van der Waals surface area contributed by atoms with Crippen LogP contribution in [0.5, 0.6) is 11.5 Å². The summed E-state index contributed by atoms with van der Waals surface area (Å²) in [7, 11) is -2.47. The summed E-state index contributed by atoms with van der Waals surface area (Å²) in [6, 6.07) is 70.3. The molecule has 0 amide bonds. The largest absolute Gasteiger partial charge is 0.453 e. The zero-order valence-corrected chi connectivity index (χ0v) is 30.6. The van der Waals surface area contributed by atoms with Crippen molar-refractivity contribution in [3.8, 4) is 11.5 Å². The van der Waals surface area contributed by atoms with E-state index in [9.17, 15) is 0 Å². The minimum atomic E-state index is -1.28. The Bertz CT molecular complexity index is 1950. The second kappa shape index (κ2) is 16.9. The third-order valence-corrected chi connectivity index (χ3v) is 15.6. The molecule has 5 heteroatoms. The molecule has 2 radical (unpaired) electrons. The van der Waals surface area contributed by atoms with Crippen molar-refractivity contribution >= 4 is 62.3 Å². The summed E-state index contributed by atoms with van der Waals surface area (Å²) >= 11 is 0. The van der Waals surface area contributed by atoms with Crippen LogP contribution in [0.15, 0.2) is 194 Å². The molecule has 0 saturated carbocycles. The molecule has 0 N–H and O–H groups in total. The number of rotatable bonds is 11. The van der Waals surface area contributed by atoms with Gasteiger partial charge >= 0.3 is 0 Å². The number of hydrogen-bond donors (Lipinski definition) is 0. The average molecular weight is 723 g/mol. The fourth-order valence-electron chi connectivity index (χ4n) is 6.10. The number of benzene rings is 7. The van der Waals surface area contributed by atoms with Gasteiger partial charge in [-0.1, -0.05) is 133 Å². The molecule has 0 aromatic heterocycles. The second-order valence-corrected chi connectivity index (χ2v) is 17.9. The molecule has 1 nitrogen and oxygen atoms in total. The van der Waals surface area contributed by atoms with Crippen molar-refractivity contribution in [1.29, 1.82) is 0 Å². The van der Waals surface area contributed by atoms with Gasteiger partial charge in [0.25, 0.3) is 0 Å². The number of ether oxygens (including phenoxy) is 1. The van der Waals surface area contributed by atoms with E-state index in [2.05, 4.69) is 194 Å². The molecule has 0 fully saturated rings. The van der Waals surface area contributed by atoms with Crippen molar-refractivity contribution < 1.29 is 21.8 Å². The Labute approximate surface area is 299 Å². The summed E-state index contributed by atoms with van der Waals surface area (Å²) in [5.74, 6) is 1.89. The van der Waals surface area contributed by atoms with Crippen LogP contribution in [0.25, 0.3) is 0 Å². The summed E-state index contributed by atoms with van der Waals surface area (Å²) in [6.07, 6.45) is 1.05. The van der Waals surface area contributed by atoms with Crippen LogP contribution < -0.4 is 41.6 Å². The molecule has 0 saturated heterocycles. The third-order valence-electron chi connectivity index (χ3n) is 8.40.